The Kier molecular flexibility index (Phi) is 5.93. The second-order valence-electron chi connectivity index (χ2n) is 6.62. The molecule has 2 aromatic heterocycles. The minimum absolute atomic E-state index is 0.179. The van der Waals surface area contributed by atoms with Crippen LogP contribution in [-0.4, -0.2) is 46.7 Å². The van der Waals surface area contributed by atoms with Crippen molar-refractivity contribution in [1.82, 2.24) is 25.4 Å². The van der Waals surface area contributed by atoms with E-state index in [0.29, 0.717) is 30.7 Å². The molecule has 0 aliphatic heterocycles. The highest BCUT2D eigenvalue weighted by Crippen LogP contribution is 2.32. The van der Waals surface area contributed by atoms with Gasteiger partial charge in [0.2, 0.25) is 17.7 Å². The van der Waals surface area contributed by atoms with E-state index in [1.807, 2.05) is 19.0 Å². The summed E-state index contributed by atoms with van der Waals surface area (Å²) in [7, 11) is 3.75. The molecule has 2 aromatic rings. The van der Waals surface area contributed by atoms with Crippen LogP contribution in [0.15, 0.2) is 23.0 Å². The summed E-state index contributed by atoms with van der Waals surface area (Å²) in [4.78, 5) is 26.5. The number of anilines is 1. The van der Waals surface area contributed by atoms with Crippen LogP contribution in [-0.2, 0) is 11.2 Å². The summed E-state index contributed by atoms with van der Waals surface area (Å²) in [5.74, 6) is 2.24. The summed E-state index contributed by atoms with van der Waals surface area (Å²) in [5.41, 5.74) is 0.769. The van der Waals surface area contributed by atoms with Crippen molar-refractivity contribution in [3.8, 4) is 0 Å². The van der Waals surface area contributed by atoms with E-state index < -0.39 is 0 Å². The Morgan fingerprint density at radius 3 is 2.73 bits per heavy atom. The van der Waals surface area contributed by atoms with Gasteiger partial charge in [0, 0.05) is 57.0 Å². The Labute approximate surface area is 152 Å². The van der Waals surface area contributed by atoms with Crippen LogP contribution in [0.3, 0.4) is 0 Å². The van der Waals surface area contributed by atoms with Gasteiger partial charge in [-0.3, -0.25) is 4.79 Å². The molecule has 0 spiro atoms. The molecule has 138 valence electrons. The van der Waals surface area contributed by atoms with Gasteiger partial charge in [0.05, 0.1) is 0 Å². The maximum atomic E-state index is 11.9. The number of nitrogens with one attached hydrogen (secondary N) is 1. The zero-order valence-electron chi connectivity index (χ0n) is 15.2. The van der Waals surface area contributed by atoms with E-state index in [4.69, 9.17) is 4.52 Å². The SMILES string of the molecule is CN(C)c1ncc(/C=C/C(=O)NCCc2noc(C3CCCC3)n2)cn1. The number of aromatic nitrogens is 4. The average Bonchev–Trinajstić information content (AvgIpc) is 3.32. The van der Waals surface area contributed by atoms with E-state index in [2.05, 4.69) is 25.4 Å². The molecule has 26 heavy (non-hydrogen) atoms. The lowest BCUT2D eigenvalue weighted by molar-refractivity contribution is -0.116. The minimum Gasteiger partial charge on any atom is -0.352 e. The third-order valence-corrected chi connectivity index (χ3v) is 4.32. The summed E-state index contributed by atoms with van der Waals surface area (Å²) in [6, 6.07) is 0. The predicted molar refractivity (Wildman–Crippen MR) is 97.6 cm³/mol. The van der Waals surface area contributed by atoms with Gasteiger partial charge in [0.15, 0.2) is 5.82 Å². The van der Waals surface area contributed by atoms with Crippen molar-refractivity contribution >= 4 is 17.9 Å². The molecule has 8 heteroatoms. The van der Waals surface area contributed by atoms with Gasteiger partial charge in [-0.15, -0.1) is 0 Å². The Morgan fingerprint density at radius 1 is 1.31 bits per heavy atom. The number of hydrogen-bond acceptors (Lipinski definition) is 7. The van der Waals surface area contributed by atoms with Crippen molar-refractivity contribution in [2.24, 2.45) is 0 Å². The summed E-state index contributed by atoms with van der Waals surface area (Å²) < 4.78 is 5.33. The van der Waals surface area contributed by atoms with Crippen LogP contribution in [0.5, 0.6) is 0 Å². The fourth-order valence-corrected chi connectivity index (χ4v) is 2.88. The molecular weight excluding hydrogens is 332 g/mol. The Balaban J connectivity index is 1.42. The molecule has 0 radical (unpaired) electrons. The topological polar surface area (TPSA) is 97.0 Å². The smallest absolute Gasteiger partial charge is 0.244 e. The molecule has 0 saturated heterocycles. The first-order valence-corrected chi connectivity index (χ1v) is 8.89. The highest BCUT2D eigenvalue weighted by Gasteiger charge is 2.22. The van der Waals surface area contributed by atoms with Crippen molar-refractivity contribution in [3.05, 3.63) is 35.7 Å². The minimum atomic E-state index is -0.179. The Hall–Kier alpha value is -2.77. The summed E-state index contributed by atoms with van der Waals surface area (Å²) in [6.45, 7) is 0.461. The van der Waals surface area contributed by atoms with Crippen LogP contribution in [0, 0.1) is 0 Å². The highest BCUT2D eigenvalue weighted by atomic mass is 16.5. The third kappa shape index (κ3) is 4.87. The molecular formula is C18H24N6O2. The van der Waals surface area contributed by atoms with Gasteiger partial charge in [-0.25, -0.2) is 9.97 Å². The molecule has 1 fully saturated rings. The first kappa shape index (κ1) is 18.0. The standard InChI is InChI=1S/C18H24N6O2/c1-24(2)18-20-11-13(12-21-18)7-8-16(25)19-10-9-15-22-17(26-23-15)14-5-3-4-6-14/h7-8,11-12,14H,3-6,9-10H2,1-2H3,(H,19,25)/b8-7+. The number of carbonyl (C=O) groups is 1. The summed E-state index contributed by atoms with van der Waals surface area (Å²) >= 11 is 0. The molecule has 1 aliphatic rings. The van der Waals surface area contributed by atoms with Crippen LogP contribution in [0.2, 0.25) is 0 Å². The second-order valence-corrected chi connectivity index (χ2v) is 6.62. The largest absolute Gasteiger partial charge is 0.352 e. The molecule has 0 unspecified atom stereocenters. The van der Waals surface area contributed by atoms with Crippen molar-refractivity contribution in [2.75, 3.05) is 25.5 Å². The van der Waals surface area contributed by atoms with E-state index in [9.17, 15) is 4.79 Å². The fourth-order valence-electron chi connectivity index (χ4n) is 2.88. The van der Waals surface area contributed by atoms with Gasteiger partial charge in [0.1, 0.15) is 0 Å². The molecule has 1 aliphatic carbocycles. The van der Waals surface area contributed by atoms with E-state index >= 15 is 0 Å². The molecule has 1 N–H and O–H groups in total. The maximum absolute atomic E-state index is 11.9. The number of hydrogen-bond donors (Lipinski definition) is 1. The summed E-state index contributed by atoms with van der Waals surface area (Å²) in [6.07, 6.45) is 11.8. The van der Waals surface area contributed by atoms with Gasteiger partial charge < -0.3 is 14.7 Å². The number of carbonyl (C=O) groups excluding carboxylic acids is 1. The van der Waals surface area contributed by atoms with Crippen molar-refractivity contribution in [2.45, 2.75) is 38.0 Å². The fraction of sp³-hybridized carbons (Fsp3) is 0.500. The molecule has 1 saturated carbocycles. The molecule has 8 nitrogen and oxygen atoms in total. The van der Waals surface area contributed by atoms with E-state index in [0.717, 1.165) is 24.3 Å². The van der Waals surface area contributed by atoms with E-state index in [1.165, 1.54) is 18.9 Å². The molecule has 2 heterocycles. The van der Waals surface area contributed by atoms with Gasteiger partial charge in [0.25, 0.3) is 0 Å². The molecule has 0 aromatic carbocycles. The van der Waals surface area contributed by atoms with Crippen LogP contribution < -0.4 is 10.2 Å². The highest BCUT2D eigenvalue weighted by molar-refractivity contribution is 5.91. The maximum Gasteiger partial charge on any atom is 0.244 e. The Morgan fingerprint density at radius 2 is 2.04 bits per heavy atom. The Bertz CT molecular complexity index is 747. The molecule has 1 amide bonds. The third-order valence-electron chi connectivity index (χ3n) is 4.32. The second kappa shape index (κ2) is 8.55. The number of rotatable bonds is 7. The lowest BCUT2D eigenvalue weighted by atomic mass is 10.1. The molecule has 0 bridgehead atoms. The average molecular weight is 356 g/mol. The van der Waals surface area contributed by atoms with Gasteiger partial charge in [-0.1, -0.05) is 18.0 Å². The van der Waals surface area contributed by atoms with Crippen LogP contribution in [0.1, 0.15) is 48.9 Å². The van der Waals surface area contributed by atoms with Crippen molar-refractivity contribution < 1.29 is 9.32 Å². The molecule has 3 rings (SSSR count). The quantitative estimate of drug-likeness (QED) is 0.757. The van der Waals surface area contributed by atoms with Crippen LogP contribution >= 0.6 is 0 Å². The number of amides is 1. The van der Waals surface area contributed by atoms with Gasteiger partial charge in [-0.2, -0.15) is 4.98 Å². The number of nitrogens with zero attached hydrogens (tertiary/aromatic N) is 5. The lowest BCUT2D eigenvalue weighted by Gasteiger charge is -2.08. The predicted octanol–water partition coefficient (Wildman–Crippen LogP) is 1.96. The van der Waals surface area contributed by atoms with Gasteiger partial charge >= 0.3 is 0 Å². The zero-order valence-corrected chi connectivity index (χ0v) is 15.2. The van der Waals surface area contributed by atoms with E-state index in [1.54, 1.807) is 18.5 Å². The van der Waals surface area contributed by atoms with Crippen molar-refractivity contribution in [1.29, 1.82) is 0 Å². The first-order chi connectivity index (χ1) is 12.6. The van der Waals surface area contributed by atoms with Crippen molar-refractivity contribution in [3.63, 3.8) is 0 Å². The normalized spacial score (nSPS) is 14.8. The van der Waals surface area contributed by atoms with Crippen LogP contribution in [0.4, 0.5) is 5.95 Å². The van der Waals surface area contributed by atoms with Crippen LogP contribution in [0.25, 0.3) is 6.08 Å². The summed E-state index contributed by atoms with van der Waals surface area (Å²) in [5, 5.41) is 6.81. The molecule has 0 atom stereocenters. The van der Waals surface area contributed by atoms with Gasteiger partial charge in [-0.05, 0) is 18.9 Å². The zero-order chi connectivity index (χ0) is 18.4. The first-order valence-electron chi connectivity index (χ1n) is 8.89. The van der Waals surface area contributed by atoms with E-state index in [-0.39, 0.29) is 5.91 Å². The lowest BCUT2D eigenvalue weighted by Crippen LogP contribution is -2.23. The monoisotopic (exact) mass is 356 g/mol.